The van der Waals surface area contributed by atoms with Gasteiger partial charge in [0, 0.05) is 32.7 Å². The molecule has 0 amide bonds. The molecule has 0 N–H and O–H groups in total. The summed E-state index contributed by atoms with van der Waals surface area (Å²) in [7, 11) is 0. The maximum atomic E-state index is 3.54. The first-order valence-corrected chi connectivity index (χ1v) is 5.39. The summed E-state index contributed by atoms with van der Waals surface area (Å²) in [6.45, 7) is 12.3. The minimum absolute atomic E-state index is 0. The van der Waals surface area contributed by atoms with Gasteiger partial charge in [-0.3, -0.25) is 6.58 Å². The van der Waals surface area contributed by atoms with Crippen molar-refractivity contribution in [3.05, 3.63) is 48.6 Å². The van der Waals surface area contributed by atoms with Crippen LogP contribution in [0.2, 0.25) is 0 Å². The van der Waals surface area contributed by atoms with Crippen LogP contribution in [0.15, 0.2) is 30.8 Å². The number of allylic oxidation sites excluding steroid dienone is 1. The number of rotatable bonds is 3. The fraction of sp³-hybridized carbons (Fsp3) is 0.467. The van der Waals surface area contributed by atoms with Crippen LogP contribution in [0.3, 0.4) is 0 Å². The van der Waals surface area contributed by atoms with Crippen LogP contribution < -0.4 is 0 Å². The van der Waals surface area contributed by atoms with E-state index in [1.165, 1.54) is 5.56 Å². The average Bonchev–Trinajstić information content (AvgIpc) is 2.14. The van der Waals surface area contributed by atoms with Crippen molar-refractivity contribution < 1.29 is 32.7 Å². The largest absolute Gasteiger partial charge is 0.504 e. The SMILES string of the molecule is C=[C-]CCc1[c-]cccc1.CC(C)(C)C.[Y]. The summed E-state index contributed by atoms with van der Waals surface area (Å²) in [5, 5.41) is 0. The molecule has 1 aromatic carbocycles. The van der Waals surface area contributed by atoms with E-state index in [-0.39, 0.29) is 32.7 Å². The molecule has 0 unspecified atom stereocenters. The van der Waals surface area contributed by atoms with Crippen molar-refractivity contribution in [1.29, 1.82) is 0 Å². The Balaban J connectivity index is 0. The van der Waals surface area contributed by atoms with Crippen molar-refractivity contribution in [1.82, 2.24) is 0 Å². The molecule has 87 valence electrons. The second-order valence-corrected chi connectivity index (χ2v) is 5.14. The molecule has 0 aromatic heterocycles. The van der Waals surface area contributed by atoms with Gasteiger partial charge in [0.1, 0.15) is 0 Å². The summed E-state index contributed by atoms with van der Waals surface area (Å²) in [4.78, 5) is 0. The molecule has 0 fully saturated rings. The Hall–Kier alpha value is 0.0639. The van der Waals surface area contributed by atoms with Gasteiger partial charge >= 0.3 is 0 Å². The van der Waals surface area contributed by atoms with Gasteiger partial charge in [0.05, 0.1) is 0 Å². The van der Waals surface area contributed by atoms with E-state index in [2.05, 4.69) is 52.5 Å². The van der Waals surface area contributed by atoms with E-state index in [9.17, 15) is 0 Å². The molecule has 0 aliphatic heterocycles. The Morgan fingerprint density at radius 3 is 2.19 bits per heavy atom. The first-order chi connectivity index (χ1) is 6.93. The minimum atomic E-state index is 0. The zero-order chi connectivity index (χ0) is 11.7. The Labute approximate surface area is 126 Å². The maximum absolute atomic E-state index is 3.54. The van der Waals surface area contributed by atoms with Crippen LogP contribution >= 0.6 is 0 Å². The van der Waals surface area contributed by atoms with Gasteiger partial charge < -0.3 is 6.08 Å². The average molecular weight is 291 g/mol. The van der Waals surface area contributed by atoms with Crippen LogP contribution in [0.1, 0.15) is 39.7 Å². The first kappa shape index (κ1) is 18.4. The van der Waals surface area contributed by atoms with Gasteiger partial charge in [-0.25, -0.2) is 0 Å². The van der Waals surface area contributed by atoms with Crippen molar-refractivity contribution in [3.63, 3.8) is 0 Å². The molecule has 0 spiro atoms. The Morgan fingerprint density at radius 1 is 1.25 bits per heavy atom. The Kier molecular flexibility index (Phi) is 11.8. The van der Waals surface area contributed by atoms with Gasteiger partial charge in [0.15, 0.2) is 0 Å². The minimum Gasteiger partial charge on any atom is -0.504 e. The van der Waals surface area contributed by atoms with Crippen molar-refractivity contribution in [2.24, 2.45) is 5.41 Å². The van der Waals surface area contributed by atoms with E-state index in [0.717, 1.165) is 12.8 Å². The molecule has 1 rings (SSSR count). The third-order valence-electron chi connectivity index (χ3n) is 1.34. The van der Waals surface area contributed by atoms with Gasteiger partial charge in [-0.05, 0) is 5.41 Å². The van der Waals surface area contributed by atoms with Gasteiger partial charge in [-0.2, -0.15) is 42.3 Å². The molecular formula is C15H22Y-2. The predicted octanol–water partition coefficient (Wildman–Crippen LogP) is 4.46. The van der Waals surface area contributed by atoms with E-state index >= 15 is 0 Å². The van der Waals surface area contributed by atoms with Crippen LogP contribution in [-0.2, 0) is 39.1 Å². The second-order valence-electron chi connectivity index (χ2n) is 5.14. The van der Waals surface area contributed by atoms with Gasteiger partial charge in [0.25, 0.3) is 0 Å². The number of hydrogen-bond donors (Lipinski definition) is 0. The summed E-state index contributed by atoms with van der Waals surface area (Å²) in [6, 6.07) is 11.1. The summed E-state index contributed by atoms with van der Waals surface area (Å²) >= 11 is 0. The van der Waals surface area contributed by atoms with E-state index in [4.69, 9.17) is 0 Å². The Morgan fingerprint density at radius 2 is 1.81 bits per heavy atom. The predicted molar refractivity (Wildman–Crippen MR) is 67.6 cm³/mol. The van der Waals surface area contributed by atoms with Crippen molar-refractivity contribution in [2.45, 2.75) is 40.5 Å². The number of benzene rings is 1. The van der Waals surface area contributed by atoms with Crippen LogP contribution in [0.4, 0.5) is 0 Å². The van der Waals surface area contributed by atoms with Crippen LogP contribution in [0, 0.1) is 17.6 Å². The standard InChI is InChI=1S/C10H10.C5H12.Y/c1-2-3-7-10-8-5-4-6-9-10;1-5(2,3)4;/h4-6,8H,1,3,7H2;1-4H3;/q-2;;. The van der Waals surface area contributed by atoms with Crippen LogP contribution in [-0.4, -0.2) is 0 Å². The molecular weight excluding hydrogens is 269 g/mol. The van der Waals surface area contributed by atoms with Crippen molar-refractivity contribution in [2.75, 3.05) is 0 Å². The molecule has 0 nitrogen and oxygen atoms in total. The second kappa shape index (κ2) is 10.2. The summed E-state index contributed by atoms with van der Waals surface area (Å²) in [6.07, 6.45) is 4.77. The van der Waals surface area contributed by atoms with Crippen molar-refractivity contribution in [3.8, 4) is 0 Å². The molecule has 0 saturated carbocycles. The van der Waals surface area contributed by atoms with Crippen molar-refractivity contribution >= 4 is 0 Å². The molecule has 0 aliphatic rings. The van der Waals surface area contributed by atoms with E-state index in [1.54, 1.807) is 0 Å². The normalized spacial score (nSPS) is 9.50. The molecule has 0 atom stereocenters. The molecule has 0 saturated heterocycles. The van der Waals surface area contributed by atoms with Gasteiger partial charge in [0.2, 0.25) is 0 Å². The van der Waals surface area contributed by atoms with Crippen LogP contribution in [0.25, 0.3) is 0 Å². The van der Waals surface area contributed by atoms with E-state index in [1.807, 2.05) is 18.2 Å². The molecule has 0 heterocycles. The molecule has 0 bridgehead atoms. The molecule has 1 heteroatoms. The fourth-order valence-corrected chi connectivity index (χ4v) is 0.809. The topological polar surface area (TPSA) is 0 Å². The zero-order valence-electron chi connectivity index (χ0n) is 11.0. The number of hydrogen-bond acceptors (Lipinski definition) is 0. The smallest absolute Gasteiger partial charge is 0 e. The third-order valence-corrected chi connectivity index (χ3v) is 1.34. The summed E-state index contributed by atoms with van der Waals surface area (Å²) in [5.41, 5.74) is 1.73. The molecule has 16 heavy (non-hydrogen) atoms. The fourth-order valence-electron chi connectivity index (χ4n) is 0.809. The van der Waals surface area contributed by atoms with Gasteiger partial charge in [-0.15, -0.1) is 0 Å². The van der Waals surface area contributed by atoms with E-state index in [0.29, 0.717) is 5.41 Å². The molecule has 1 aromatic rings. The van der Waals surface area contributed by atoms with E-state index < -0.39 is 0 Å². The monoisotopic (exact) mass is 291 g/mol. The Bertz CT molecular complexity index is 251. The summed E-state index contributed by atoms with van der Waals surface area (Å²) in [5.74, 6) is 0. The van der Waals surface area contributed by atoms with Gasteiger partial charge in [-0.1, -0.05) is 34.1 Å². The molecule has 1 radical (unpaired) electrons. The third kappa shape index (κ3) is 16.5. The maximum Gasteiger partial charge on any atom is 0 e. The molecule has 0 aliphatic carbocycles. The summed E-state index contributed by atoms with van der Waals surface area (Å²) < 4.78 is 0. The number of aryl methyl sites for hydroxylation is 1. The first-order valence-electron chi connectivity index (χ1n) is 5.39. The quantitative estimate of drug-likeness (QED) is 0.721. The van der Waals surface area contributed by atoms with Crippen LogP contribution in [0.5, 0.6) is 0 Å². The zero-order valence-corrected chi connectivity index (χ0v) is 13.8.